The summed E-state index contributed by atoms with van der Waals surface area (Å²) in [7, 11) is 0. The van der Waals surface area contributed by atoms with Gasteiger partial charge in [-0.2, -0.15) is 0 Å². The smallest absolute Gasteiger partial charge is 0.0358 e. The maximum Gasteiger partial charge on any atom is 0.0358 e. The van der Waals surface area contributed by atoms with Crippen LogP contribution in [0.1, 0.15) is 33.7 Å². The van der Waals surface area contributed by atoms with Gasteiger partial charge in [-0.05, 0) is 84.5 Å². The monoisotopic (exact) mass is 534 g/mol. The van der Waals surface area contributed by atoms with Gasteiger partial charge in [0.15, 0.2) is 0 Å². The highest BCUT2D eigenvalue weighted by molar-refractivity contribution is 5.91. The lowest BCUT2D eigenvalue weighted by Gasteiger charge is -2.17. The van der Waals surface area contributed by atoms with Crippen LogP contribution in [0.15, 0.2) is 164 Å². The van der Waals surface area contributed by atoms with Gasteiger partial charge in [0.2, 0.25) is 0 Å². The second-order valence-electron chi connectivity index (χ2n) is 11.3. The van der Waals surface area contributed by atoms with Crippen LogP contribution in [0.4, 0.5) is 0 Å². The van der Waals surface area contributed by atoms with Gasteiger partial charge in [-0.1, -0.05) is 158 Å². The predicted molar refractivity (Wildman–Crippen MR) is 177 cm³/mol. The Kier molecular flexibility index (Phi) is 6.04. The Bertz CT molecular complexity index is 2030. The van der Waals surface area contributed by atoms with E-state index in [1.165, 1.54) is 72.0 Å². The Balaban J connectivity index is 1.09. The van der Waals surface area contributed by atoms with E-state index in [0.29, 0.717) is 0 Å². The van der Waals surface area contributed by atoms with Gasteiger partial charge in [-0.15, -0.1) is 0 Å². The van der Waals surface area contributed by atoms with Gasteiger partial charge in [0.05, 0.1) is 0 Å². The molecule has 1 aliphatic rings. The maximum absolute atomic E-state index is 2.40. The first-order chi connectivity index (χ1) is 20.8. The molecule has 0 heterocycles. The van der Waals surface area contributed by atoms with Crippen molar-refractivity contribution in [2.24, 2.45) is 0 Å². The van der Waals surface area contributed by atoms with Crippen LogP contribution in [0.25, 0.3) is 44.2 Å². The minimum Gasteiger partial charge on any atom is -0.0622 e. The molecule has 7 aromatic rings. The fraction of sp³-hybridized carbons (Fsp3) is 0.0476. The van der Waals surface area contributed by atoms with Crippen molar-refractivity contribution in [3.05, 3.63) is 192 Å². The van der Waals surface area contributed by atoms with Crippen molar-refractivity contribution >= 4 is 10.8 Å². The van der Waals surface area contributed by atoms with E-state index in [-0.39, 0.29) is 5.92 Å². The number of hydrogen-bond donors (Lipinski definition) is 0. The molecule has 198 valence electrons. The third-order valence-corrected chi connectivity index (χ3v) is 8.82. The minimum atomic E-state index is 0.243. The van der Waals surface area contributed by atoms with Crippen molar-refractivity contribution in [1.29, 1.82) is 0 Å². The number of hydrogen-bond acceptors (Lipinski definition) is 0. The molecule has 0 heteroatoms. The largest absolute Gasteiger partial charge is 0.0622 e. The highest BCUT2D eigenvalue weighted by atomic mass is 14.3. The van der Waals surface area contributed by atoms with Gasteiger partial charge in [-0.3, -0.25) is 0 Å². The summed E-state index contributed by atoms with van der Waals surface area (Å²) in [6.45, 7) is 0. The standard InChI is InChI=1S/C42H30/c1-2-9-31(10-3-1)32-21-17-29(18-22-32)27-30-19-23-33(24-20-30)35-25-26-40-41(28-35)37-14-6-7-15-39(37)42(40)38-16-8-12-34-11-4-5-13-36(34)38/h1-26,28,42H,27H2. The van der Waals surface area contributed by atoms with Crippen molar-refractivity contribution in [1.82, 2.24) is 0 Å². The van der Waals surface area contributed by atoms with E-state index in [2.05, 4.69) is 164 Å². The van der Waals surface area contributed by atoms with Gasteiger partial charge >= 0.3 is 0 Å². The Morgan fingerprint density at radius 1 is 0.357 bits per heavy atom. The third kappa shape index (κ3) is 4.33. The zero-order valence-corrected chi connectivity index (χ0v) is 23.4. The minimum absolute atomic E-state index is 0.243. The summed E-state index contributed by atoms with van der Waals surface area (Å²) in [4.78, 5) is 0. The zero-order valence-electron chi connectivity index (χ0n) is 23.4. The Hall–Kier alpha value is -5.20. The van der Waals surface area contributed by atoms with Crippen molar-refractivity contribution in [3.63, 3.8) is 0 Å². The Morgan fingerprint density at radius 3 is 1.69 bits per heavy atom. The van der Waals surface area contributed by atoms with Gasteiger partial charge in [0.25, 0.3) is 0 Å². The highest BCUT2D eigenvalue weighted by Crippen LogP contribution is 2.50. The molecule has 42 heavy (non-hydrogen) atoms. The fourth-order valence-electron chi connectivity index (χ4n) is 6.72. The average molecular weight is 535 g/mol. The Labute approximate surface area is 247 Å². The second-order valence-corrected chi connectivity index (χ2v) is 11.3. The molecule has 0 N–H and O–H groups in total. The molecule has 0 fully saturated rings. The molecule has 1 aliphatic carbocycles. The van der Waals surface area contributed by atoms with Crippen LogP contribution in [0.2, 0.25) is 0 Å². The summed E-state index contributed by atoms with van der Waals surface area (Å²) in [5, 5.41) is 2.63. The normalized spacial score (nSPS) is 13.6. The lowest BCUT2D eigenvalue weighted by Crippen LogP contribution is -2.00. The van der Waals surface area contributed by atoms with Crippen molar-refractivity contribution in [3.8, 4) is 33.4 Å². The van der Waals surface area contributed by atoms with Crippen molar-refractivity contribution in [2.75, 3.05) is 0 Å². The molecule has 0 bridgehead atoms. The number of fused-ring (bicyclic) bond motifs is 4. The SMILES string of the molecule is c1ccc(-c2ccc(Cc3ccc(-c4ccc5c(c4)-c4ccccc4C5c4cccc5ccccc45)cc3)cc2)cc1. The van der Waals surface area contributed by atoms with Crippen LogP contribution >= 0.6 is 0 Å². The maximum atomic E-state index is 2.40. The van der Waals surface area contributed by atoms with E-state index in [1.807, 2.05) is 0 Å². The molecule has 0 radical (unpaired) electrons. The molecule has 0 aliphatic heterocycles. The van der Waals surface area contributed by atoms with Gasteiger partial charge < -0.3 is 0 Å². The first kappa shape index (κ1) is 24.6. The molecular weight excluding hydrogens is 504 g/mol. The molecule has 0 aromatic heterocycles. The summed E-state index contributed by atoms with van der Waals surface area (Å²) in [5.41, 5.74) is 14.6. The van der Waals surface area contributed by atoms with E-state index in [9.17, 15) is 0 Å². The van der Waals surface area contributed by atoms with Crippen molar-refractivity contribution < 1.29 is 0 Å². The van der Waals surface area contributed by atoms with Crippen LogP contribution in [0.5, 0.6) is 0 Å². The molecule has 0 nitrogen and oxygen atoms in total. The summed E-state index contributed by atoms with van der Waals surface area (Å²) in [5.74, 6) is 0.243. The van der Waals surface area contributed by atoms with E-state index in [0.717, 1.165) is 6.42 Å². The Morgan fingerprint density at radius 2 is 0.905 bits per heavy atom. The number of rotatable bonds is 5. The molecule has 0 saturated carbocycles. The predicted octanol–water partition coefficient (Wildman–Crippen LogP) is 10.9. The quantitative estimate of drug-likeness (QED) is 0.206. The fourth-order valence-corrected chi connectivity index (χ4v) is 6.72. The summed E-state index contributed by atoms with van der Waals surface area (Å²) in [6.07, 6.45) is 0.930. The first-order valence-electron chi connectivity index (χ1n) is 14.8. The summed E-state index contributed by atoms with van der Waals surface area (Å²) >= 11 is 0. The van der Waals surface area contributed by atoms with Crippen LogP contribution in [0, 0.1) is 0 Å². The lowest BCUT2D eigenvalue weighted by molar-refractivity contribution is 1.03. The van der Waals surface area contributed by atoms with Crippen LogP contribution in [-0.4, -0.2) is 0 Å². The van der Waals surface area contributed by atoms with Gasteiger partial charge in [0, 0.05) is 5.92 Å². The molecule has 7 aromatic carbocycles. The van der Waals surface area contributed by atoms with Crippen molar-refractivity contribution in [2.45, 2.75) is 12.3 Å². The molecule has 1 unspecified atom stereocenters. The van der Waals surface area contributed by atoms with E-state index >= 15 is 0 Å². The summed E-state index contributed by atoms with van der Waals surface area (Å²) in [6, 6.07) is 60.1. The number of benzene rings is 7. The van der Waals surface area contributed by atoms with Crippen LogP contribution in [-0.2, 0) is 6.42 Å². The molecular formula is C42H30. The van der Waals surface area contributed by atoms with Crippen LogP contribution < -0.4 is 0 Å². The van der Waals surface area contributed by atoms with E-state index < -0.39 is 0 Å². The average Bonchev–Trinajstić information content (AvgIpc) is 3.39. The lowest BCUT2D eigenvalue weighted by atomic mass is 9.86. The topological polar surface area (TPSA) is 0 Å². The molecule has 0 amide bonds. The molecule has 1 atom stereocenters. The van der Waals surface area contributed by atoms with E-state index in [1.54, 1.807) is 0 Å². The van der Waals surface area contributed by atoms with Gasteiger partial charge in [-0.25, -0.2) is 0 Å². The molecule has 8 rings (SSSR count). The van der Waals surface area contributed by atoms with Gasteiger partial charge in [0.1, 0.15) is 0 Å². The summed E-state index contributed by atoms with van der Waals surface area (Å²) < 4.78 is 0. The zero-order chi connectivity index (χ0) is 27.9. The second kappa shape index (κ2) is 10.3. The molecule has 0 spiro atoms. The van der Waals surface area contributed by atoms with E-state index in [4.69, 9.17) is 0 Å². The third-order valence-electron chi connectivity index (χ3n) is 8.82. The first-order valence-corrected chi connectivity index (χ1v) is 14.8. The highest BCUT2D eigenvalue weighted by Gasteiger charge is 2.30. The molecule has 0 saturated heterocycles. The van der Waals surface area contributed by atoms with Crippen LogP contribution in [0.3, 0.4) is 0 Å².